The van der Waals surface area contributed by atoms with Crippen molar-refractivity contribution in [3.05, 3.63) is 66.2 Å². The molecule has 122 valence electrons. The summed E-state index contributed by atoms with van der Waals surface area (Å²) in [7, 11) is 4.25. The third kappa shape index (κ3) is 6.08. The molecule has 4 heteroatoms. The average Bonchev–Trinajstić information content (AvgIpc) is 2.58. The second kappa shape index (κ2) is 9.38. The fraction of sp³-hybridized carbons (Fsp3) is 0.316. The van der Waals surface area contributed by atoms with E-state index >= 15 is 0 Å². The summed E-state index contributed by atoms with van der Waals surface area (Å²) in [6.07, 6.45) is 0.992. The summed E-state index contributed by atoms with van der Waals surface area (Å²) in [6, 6.07) is 20.1. The van der Waals surface area contributed by atoms with Crippen LogP contribution in [0.2, 0.25) is 0 Å². The molecule has 0 saturated heterocycles. The minimum atomic E-state index is -0.217. The van der Waals surface area contributed by atoms with E-state index in [9.17, 15) is 4.79 Å². The molecule has 0 spiro atoms. The Hall–Kier alpha value is -1.78. The maximum atomic E-state index is 12.7. The summed E-state index contributed by atoms with van der Waals surface area (Å²) < 4.78 is 0. The molecule has 23 heavy (non-hydrogen) atoms. The molecular weight excluding hydrogens is 304 g/mol. The van der Waals surface area contributed by atoms with Crippen LogP contribution in [0, 0.1) is 0 Å². The van der Waals surface area contributed by atoms with Gasteiger partial charge in [0, 0.05) is 17.9 Å². The molecule has 0 aliphatic rings. The fourth-order valence-electron chi connectivity index (χ4n) is 2.28. The van der Waals surface area contributed by atoms with Crippen LogP contribution in [0.5, 0.6) is 0 Å². The molecule has 2 N–H and O–H groups in total. The van der Waals surface area contributed by atoms with E-state index in [0.717, 1.165) is 30.0 Å². The molecule has 1 atom stereocenters. The second-order valence-corrected chi connectivity index (χ2v) is 7.00. The van der Waals surface area contributed by atoms with Gasteiger partial charge in [-0.3, -0.25) is 4.79 Å². The maximum Gasteiger partial charge on any atom is 0.237 e. The Morgan fingerprint density at radius 3 is 2.26 bits per heavy atom. The van der Waals surface area contributed by atoms with Crippen molar-refractivity contribution in [2.75, 3.05) is 27.2 Å². The first kappa shape index (κ1) is 17.6. The van der Waals surface area contributed by atoms with E-state index in [0.29, 0.717) is 0 Å². The summed E-state index contributed by atoms with van der Waals surface area (Å²) in [4.78, 5) is 15.2. The third-order valence-corrected chi connectivity index (χ3v) is 4.76. The molecule has 0 aromatic heterocycles. The SMILES string of the molecule is C[NH+](C)CCCNC(=O)[C@@H](Sc1ccccc1)c1ccccc1. The second-order valence-electron chi connectivity index (χ2n) is 5.82. The number of hydrogen-bond acceptors (Lipinski definition) is 2. The highest BCUT2D eigenvalue weighted by atomic mass is 32.2. The van der Waals surface area contributed by atoms with Crippen LogP contribution in [0.25, 0.3) is 0 Å². The number of benzene rings is 2. The van der Waals surface area contributed by atoms with E-state index in [-0.39, 0.29) is 11.2 Å². The maximum absolute atomic E-state index is 12.7. The van der Waals surface area contributed by atoms with Crippen LogP contribution < -0.4 is 10.2 Å². The molecule has 0 aliphatic heterocycles. The van der Waals surface area contributed by atoms with Crippen molar-refractivity contribution in [1.29, 1.82) is 0 Å². The van der Waals surface area contributed by atoms with Crippen LogP contribution in [0.15, 0.2) is 65.6 Å². The average molecular weight is 329 g/mol. The Kier molecular flexibility index (Phi) is 7.17. The van der Waals surface area contributed by atoms with Gasteiger partial charge in [-0.05, 0) is 17.7 Å². The summed E-state index contributed by atoms with van der Waals surface area (Å²) in [5.74, 6) is 0.0822. The Balaban J connectivity index is 2.03. The van der Waals surface area contributed by atoms with Crippen LogP contribution in [0.1, 0.15) is 17.2 Å². The van der Waals surface area contributed by atoms with Gasteiger partial charge in [0.15, 0.2) is 0 Å². The predicted octanol–water partition coefficient (Wildman–Crippen LogP) is 2.17. The number of quaternary nitrogens is 1. The third-order valence-electron chi connectivity index (χ3n) is 3.49. The zero-order chi connectivity index (χ0) is 16.5. The fourth-order valence-corrected chi connectivity index (χ4v) is 3.35. The first-order valence-corrected chi connectivity index (χ1v) is 8.88. The number of amides is 1. The number of thioether (sulfide) groups is 1. The van der Waals surface area contributed by atoms with Gasteiger partial charge in [0.2, 0.25) is 5.91 Å². The number of carbonyl (C=O) groups is 1. The smallest absolute Gasteiger partial charge is 0.237 e. The van der Waals surface area contributed by atoms with E-state index in [2.05, 4.69) is 19.4 Å². The molecule has 0 fully saturated rings. The zero-order valence-corrected chi connectivity index (χ0v) is 14.6. The highest BCUT2D eigenvalue weighted by molar-refractivity contribution is 8.00. The van der Waals surface area contributed by atoms with Gasteiger partial charge in [0.1, 0.15) is 5.25 Å². The summed E-state index contributed by atoms with van der Waals surface area (Å²) >= 11 is 1.60. The van der Waals surface area contributed by atoms with E-state index < -0.39 is 0 Å². The Morgan fingerprint density at radius 1 is 1.04 bits per heavy atom. The van der Waals surface area contributed by atoms with Crippen LogP contribution in [0.3, 0.4) is 0 Å². The highest BCUT2D eigenvalue weighted by Crippen LogP contribution is 2.35. The van der Waals surface area contributed by atoms with E-state index in [1.807, 2.05) is 60.7 Å². The molecule has 0 heterocycles. The van der Waals surface area contributed by atoms with Crippen LogP contribution in [-0.4, -0.2) is 33.1 Å². The summed E-state index contributed by atoms with van der Waals surface area (Å²) in [5, 5.41) is 2.87. The molecule has 0 radical (unpaired) electrons. The van der Waals surface area contributed by atoms with E-state index in [1.54, 1.807) is 11.8 Å². The number of hydrogen-bond donors (Lipinski definition) is 2. The Morgan fingerprint density at radius 2 is 1.65 bits per heavy atom. The lowest BCUT2D eigenvalue weighted by Crippen LogP contribution is -3.05. The van der Waals surface area contributed by atoms with Gasteiger partial charge in [-0.15, -0.1) is 11.8 Å². The molecule has 0 saturated carbocycles. The molecule has 2 aromatic carbocycles. The Bertz CT molecular complexity index is 587. The van der Waals surface area contributed by atoms with Crippen molar-refractivity contribution < 1.29 is 9.69 Å². The zero-order valence-electron chi connectivity index (χ0n) is 13.8. The van der Waals surface area contributed by atoms with Gasteiger partial charge < -0.3 is 10.2 Å². The normalized spacial score (nSPS) is 12.1. The van der Waals surface area contributed by atoms with Gasteiger partial charge in [0.05, 0.1) is 20.6 Å². The molecule has 1 amide bonds. The number of rotatable bonds is 8. The van der Waals surface area contributed by atoms with Crippen molar-refractivity contribution in [2.24, 2.45) is 0 Å². The van der Waals surface area contributed by atoms with Gasteiger partial charge in [0.25, 0.3) is 0 Å². The molecule has 0 unspecified atom stereocenters. The minimum Gasteiger partial charge on any atom is -0.355 e. The summed E-state index contributed by atoms with van der Waals surface area (Å²) in [5.41, 5.74) is 1.04. The van der Waals surface area contributed by atoms with Gasteiger partial charge in [-0.25, -0.2) is 0 Å². The quantitative estimate of drug-likeness (QED) is 0.575. The summed E-state index contributed by atoms with van der Waals surface area (Å²) in [6.45, 7) is 1.78. The van der Waals surface area contributed by atoms with Crippen LogP contribution in [0.4, 0.5) is 0 Å². The van der Waals surface area contributed by atoms with Crippen LogP contribution in [-0.2, 0) is 4.79 Å². The molecule has 3 nitrogen and oxygen atoms in total. The van der Waals surface area contributed by atoms with Gasteiger partial charge in [-0.2, -0.15) is 0 Å². The number of carbonyl (C=O) groups excluding carboxylic acids is 1. The van der Waals surface area contributed by atoms with E-state index in [4.69, 9.17) is 0 Å². The van der Waals surface area contributed by atoms with Crippen molar-refractivity contribution in [1.82, 2.24) is 5.32 Å². The first-order chi connectivity index (χ1) is 11.2. The van der Waals surface area contributed by atoms with E-state index in [1.165, 1.54) is 4.90 Å². The lowest BCUT2D eigenvalue weighted by atomic mass is 10.1. The molecule has 2 aromatic rings. The molecule has 0 aliphatic carbocycles. The van der Waals surface area contributed by atoms with Crippen LogP contribution >= 0.6 is 11.8 Å². The predicted molar refractivity (Wildman–Crippen MR) is 96.8 cm³/mol. The lowest BCUT2D eigenvalue weighted by molar-refractivity contribution is -0.858. The number of nitrogens with one attached hydrogen (secondary N) is 2. The molecule has 0 bridgehead atoms. The highest BCUT2D eigenvalue weighted by Gasteiger charge is 2.21. The molecular formula is C19H25N2OS+. The molecule has 2 rings (SSSR count). The van der Waals surface area contributed by atoms with Crippen molar-refractivity contribution >= 4 is 17.7 Å². The van der Waals surface area contributed by atoms with Gasteiger partial charge >= 0.3 is 0 Å². The van der Waals surface area contributed by atoms with Crippen molar-refractivity contribution in [3.8, 4) is 0 Å². The van der Waals surface area contributed by atoms with Crippen molar-refractivity contribution in [3.63, 3.8) is 0 Å². The van der Waals surface area contributed by atoms with Crippen molar-refractivity contribution in [2.45, 2.75) is 16.6 Å². The van der Waals surface area contributed by atoms with Gasteiger partial charge in [-0.1, -0.05) is 48.5 Å². The monoisotopic (exact) mass is 329 g/mol. The lowest BCUT2D eigenvalue weighted by Gasteiger charge is -2.17. The minimum absolute atomic E-state index is 0.0822. The topological polar surface area (TPSA) is 33.5 Å². The standard InChI is InChI=1S/C19H24N2OS/c1-21(2)15-9-14-20-19(22)18(16-10-5-3-6-11-16)23-17-12-7-4-8-13-17/h3-8,10-13,18H,9,14-15H2,1-2H3,(H,20,22)/p+1/t18-/m0/s1. The first-order valence-electron chi connectivity index (χ1n) is 8.00. The largest absolute Gasteiger partial charge is 0.355 e. The Labute approximate surface area is 143 Å².